The first kappa shape index (κ1) is 16.3. The molecule has 4 nitrogen and oxygen atoms in total. The summed E-state index contributed by atoms with van der Waals surface area (Å²) in [5, 5.41) is 13.2. The molecular weight excluding hydrogens is 302 g/mol. The monoisotopic (exact) mass is 324 g/mol. The molecule has 1 amide bonds. The van der Waals surface area contributed by atoms with E-state index in [-0.39, 0.29) is 30.0 Å². The van der Waals surface area contributed by atoms with Crippen LogP contribution < -0.4 is 5.32 Å². The zero-order valence-electron chi connectivity index (χ0n) is 13.0. The van der Waals surface area contributed by atoms with Crippen molar-refractivity contribution in [1.29, 1.82) is 0 Å². The van der Waals surface area contributed by atoms with Crippen molar-refractivity contribution in [1.82, 2.24) is 10.2 Å². The molecule has 1 aromatic carbocycles. The molecule has 2 fully saturated rings. The van der Waals surface area contributed by atoms with Gasteiger partial charge in [-0.25, -0.2) is 8.78 Å². The summed E-state index contributed by atoms with van der Waals surface area (Å²) < 4.78 is 27.7. The lowest BCUT2D eigenvalue weighted by Crippen LogP contribution is -2.46. The Hall–Kier alpha value is -1.53. The number of piperidine rings is 1. The number of benzene rings is 1. The molecule has 0 radical (unpaired) electrons. The molecule has 0 saturated carbocycles. The van der Waals surface area contributed by atoms with Crippen molar-refractivity contribution in [2.24, 2.45) is 5.92 Å². The average molecular weight is 324 g/mol. The van der Waals surface area contributed by atoms with Crippen LogP contribution in [0.25, 0.3) is 0 Å². The Bertz CT molecular complexity index is 561. The number of likely N-dealkylation sites (tertiary alicyclic amines) is 1. The molecule has 0 bridgehead atoms. The number of aliphatic hydroxyl groups is 1. The van der Waals surface area contributed by atoms with Crippen LogP contribution in [0.3, 0.4) is 0 Å². The van der Waals surface area contributed by atoms with Gasteiger partial charge in [-0.05, 0) is 31.5 Å². The summed E-state index contributed by atoms with van der Waals surface area (Å²) in [6, 6.07) is 3.79. The van der Waals surface area contributed by atoms with Gasteiger partial charge in [-0.1, -0.05) is 12.5 Å². The zero-order chi connectivity index (χ0) is 16.4. The molecular formula is C17H22F2N2O2. The van der Waals surface area contributed by atoms with Gasteiger partial charge in [-0.2, -0.15) is 0 Å². The maximum Gasteiger partial charge on any atom is 0.220 e. The van der Waals surface area contributed by atoms with Gasteiger partial charge in [-0.3, -0.25) is 9.69 Å². The van der Waals surface area contributed by atoms with E-state index in [9.17, 15) is 18.7 Å². The number of β-amino-alcohol motifs (C(OH)–C–C–N with tert-alkyl or cyclic N) is 1. The molecule has 0 aromatic heterocycles. The van der Waals surface area contributed by atoms with E-state index in [1.807, 2.05) is 0 Å². The van der Waals surface area contributed by atoms with Crippen molar-refractivity contribution in [3.8, 4) is 0 Å². The lowest BCUT2D eigenvalue weighted by Gasteiger charge is -2.39. The summed E-state index contributed by atoms with van der Waals surface area (Å²) in [6.07, 6.45) is 2.31. The van der Waals surface area contributed by atoms with E-state index in [0.717, 1.165) is 37.9 Å². The quantitative estimate of drug-likeness (QED) is 0.890. The first-order chi connectivity index (χ1) is 11.1. The number of nitrogens with one attached hydrogen (secondary N) is 1. The minimum absolute atomic E-state index is 0.0567. The topological polar surface area (TPSA) is 52.6 Å². The predicted octanol–water partition coefficient (Wildman–Crippen LogP) is 1.99. The summed E-state index contributed by atoms with van der Waals surface area (Å²) in [4.78, 5) is 13.5. The molecule has 2 heterocycles. The third-order valence-electron chi connectivity index (χ3n) is 4.96. The van der Waals surface area contributed by atoms with Crippen LogP contribution in [-0.4, -0.2) is 41.6 Å². The highest BCUT2D eigenvalue weighted by Crippen LogP contribution is 2.30. The number of carbonyl (C=O) groups excluding carboxylic acids is 1. The standard InChI is InChI=1S/C17H22F2N2O2/c18-12-4-3-5-13(19)17(12)15(22)10-21-7-2-1-6-14(21)11-8-16(23)20-9-11/h3-5,11,14-15,22H,1-2,6-10H2,(H,20,23). The van der Waals surface area contributed by atoms with E-state index >= 15 is 0 Å². The fourth-order valence-corrected chi connectivity index (χ4v) is 3.82. The maximum absolute atomic E-state index is 13.8. The number of hydrogen-bond donors (Lipinski definition) is 2. The highest BCUT2D eigenvalue weighted by Gasteiger charge is 2.35. The van der Waals surface area contributed by atoms with E-state index in [4.69, 9.17) is 0 Å². The van der Waals surface area contributed by atoms with Gasteiger partial charge in [0, 0.05) is 31.5 Å². The van der Waals surface area contributed by atoms with Crippen LogP contribution in [0.5, 0.6) is 0 Å². The van der Waals surface area contributed by atoms with Crippen molar-refractivity contribution in [3.63, 3.8) is 0 Å². The van der Waals surface area contributed by atoms with Gasteiger partial charge in [0.2, 0.25) is 5.91 Å². The molecule has 23 heavy (non-hydrogen) atoms. The van der Waals surface area contributed by atoms with E-state index in [1.54, 1.807) is 0 Å². The molecule has 0 spiro atoms. The summed E-state index contributed by atoms with van der Waals surface area (Å²) in [7, 11) is 0. The fraction of sp³-hybridized carbons (Fsp3) is 0.588. The summed E-state index contributed by atoms with van der Waals surface area (Å²) in [5.41, 5.74) is -0.266. The third kappa shape index (κ3) is 3.53. The van der Waals surface area contributed by atoms with Crippen molar-refractivity contribution in [2.75, 3.05) is 19.6 Å². The number of rotatable bonds is 4. The number of aliphatic hydroxyl groups excluding tert-OH is 1. The van der Waals surface area contributed by atoms with Crippen LogP contribution >= 0.6 is 0 Å². The Balaban J connectivity index is 1.72. The van der Waals surface area contributed by atoms with Crippen LogP contribution in [0, 0.1) is 17.6 Å². The first-order valence-corrected chi connectivity index (χ1v) is 8.19. The number of nitrogens with zero attached hydrogens (tertiary/aromatic N) is 1. The first-order valence-electron chi connectivity index (χ1n) is 8.19. The molecule has 2 N–H and O–H groups in total. The van der Waals surface area contributed by atoms with Crippen LogP contribution in [0.2, 0.25) is 0 Å². The van der Waals surface area contributed by atoms with Gasteiger partial charge in [0.1, 0.15) is 11.6 Å². The molecule has 6 heteroatoms. The molecule has 2 aliphatic heterocycles. The highest BCUT2D eigenvalue weighted by molar-refractivity contribution is 5.78. The van der Waals surface area contributed by atoms with Gasteiger partial charge in [0.25, 0.3) is 0 Å². The van der Waals surface area contributed by atoms with E-state index in [2.05, 4.69) is 10.2 Å². The second-order valence-corrected chi connectivity index (χ2v) is 6.48. The molecule has 3 atom stereocenters. The highest BCUT2D eigenvalue weighted by atomic mass is 19.1. The molecule has 0 aliphatic carbocycles. The second kappa shape index (κ2) is 6.93. The molecule has 126 valence electrons. The lowest BCUT2D eigenvalue weighted by molar-refractivity contribution is -0.119. The normalized spacial score (nSPS) is 27.0. The lowest BCUT2D eigenvalue weighted by atomic mass is 9.89. The molecule has 2 saturated heterocycles. The predicted molar refractivity (Wildman–Crippen MR) is 81.6 cm³/mol. The maximum atomic E-state index is 13.8. The summed E-state index contributed by atoms with van der Waals surface area (Å²) >= 11 is 0. The van der Waals surface area contributed by atoms with Gasteiger partial charge in [0.05, 0.1) is 11.7 Å². The SMILES string of the molecule is O=C1CC(C2CCCCN2CC(O)c2c(F)cccc2F)CN1. The van der Waals surface area contributed by atoms with Crippen LogP contribution in [0.4, 0.5) is 8.78 Å². The number of amides is 1. The van der Waals surface area contributed by atoms with Gasteiger partial charge in [0.15, 0.2) is 0 Å². The van der Waals surface area contributed by atoms with Crippen LogP contribution in [0.15, 0.2) is 18.2 Å². The Kier molecular flexibility index (Phi) is 4.92. The Labute approximate surface area is 134 Å². The Morgan fingerprint density at radius 1 is 1.30 bits per heavy atom. The largest absolute Gasteiger partial charge is 0.387 e. The van der Waals surface area contributed by atoms with E-state index in [0.29, 0.717) is 13.0 Å². The Morgan fingerprint density at radius 3 is 2.70 bits per heavy atom. The minimum atomic E-state index is -1.21. The third-order valence-corrected chi connectivity index (χ3v) is 4.96. The summed E-state index contributed by atoms with van der Waals surface area (Å²) in [6.45, 7) is 1.61. The molecule has 3 rings (SSSR count). The van der Waals surface area contributed by atoms with E-state index in [1.165, 1.54) is 6.07 Å². The van der Waals surface area contributed by atoms with Gasteiger partial charge < -0.3 is 10.4 Å². The Morgan fingerprint density at radius 2 is 2.04 bits per heavy atom. The molecule has 3 unspecified atom stereocenters. The number of hydrogen-bond acceptors (Lipinski definition) is 3. The fourth-order valence-electron chi connectivity index (χ4n) is 3.82. The van der Waals surface area contributed by atoms with E-state index < -0.39 is 17.7 Å². The molecule has 1 aromatic rings. The van der Waals surface area contributed by atoms with Crippen molar-refractivity contribution in [3.05, 3.63) is 35.4 Å². The van der Waals surface area contributed by atoms with Gasteiger partial charge in [-0.15, -0.1) is 0 Å². The van der Waals surface area contributed by atoms with Crippen LogP contribution in [-0.2, 0) is 4.79 Å². The number of halogens is 2. The smallest absolute Gasteiger partial charge is 0.220 e. The minimum Gasteiger partial charge on any atom is -0.387 e. The van der Waals surface area contributed by atoms with Crippen molar-refractivity contribution in [2.45, 2.75) is 37.8 Å². The average Bonchev–Trinajstić information content (AvgIpc) is 2.94. The van der Waals surface area contributed by atoms with Crippen LogP contribution in [0.1, 0.15) is 37.4 Å². The second-order valence-electron chi connectivity index (χ2n) is 6.48. The van der Waals surface area contributed by atoms with Gasteiger partial charge >= 0.3 is 0 Å². The molecule has 2 aliphatic rings. The van der Waals surface area contributed by atoms with Crippen molar-refractivity contribution >= 4 is 5.91 Å². The summed E-state index contributed by atoms with van der Waals surface area (Å²) in [5.74, 6) is -1.17. The zero-order valence-corrected chi connectivity index (χ0v) is 13.0. The number of carbonyl (C=O) groups is 1. The van der Waals surface area contributed by atoms with Crippen molar-refractivity contribution < 1.29 is 18.7 Å².